The summed E-state index contributed by atoms with van der Waals surface area (Å²) in [5, 5.41) is 17.4. The molecule has 0 saturated carbocycles. The van der Waals surface area contributed by atoms with Crippen LogP contribution >= 0.6 is 0 Å². The van der Waals surface area contributed by atoms with Gasteiger partial charge in [0.2, 0.25) is 0 Å². The summed E-state index contributed by atoms with van der Waals surface area (Å²) in [5.41, 5.74) is 0.935. The number of rotatable bonds is 6. The molecule has 2 heterocycles. The number of aryl methyl sites for hydroxylation is 1. The van der Waals surface area contributed by atoms with Crippen LogP contribution in [0.15, 0.2) is 6.20 Å². The fourth-order valence-corrected chi connectivity index (χ4v) is 3.05. The maximum absolute atomic E-state index is 12.7. The van der Waals surface area contributed by atoms with Crippen LogP contribution in [0.4, 0.5) is 10.6 Å². The normalized spacial score (nSPS) is 21.0. The number of ether oxygens (including phenoxy) is 1. The van der Waals surface area contributed by atoms with Crippen molar-refractivity contribution in [3.8, 4) is 0 Å². The molecule has 0 aromatic carbocycles. The first-order valence-corrected chi connectivity index (χ1v) is 8.40. The Morgan fingerprint density at radius 1 is 1.48 bits per heavy atom. The van der Waals surface area contributed by atoms with Crippen molar-refractivity contribution in [2.45, 2.75) is 58.7 Å². The lowest BCUT2D eigenvalue weighted by Gasteiger charge is -2.29. The van der Waals surface area contributed by atoms with Crippen LogP contribution < -0.4 is 5.32 Å². The van der Waals surface area contributed by atoms with Crippen LogP contribution in [0, 0.1) is 6.92 Å². The molecule has 1 saturated heterocycles. The molecule has 0 unspecified atom stereocenters. The van der Waals surface area contributed by atoms with Gasteiger partial charge < -0.3 is 14.7 Å². The number of carbonyl (C=O) groups is 1. The van der Waals surface area contributed by atoms with Crippen molar-refractivity contribution in [1.29, 1.82) is 0 Å². The Morgan fingerprint density at radius 2 is 2.17 bits per heavy atom. The second kappa shape index (κ2) is 7.79. The smallest absolute Gasteiger partial charge is 0.323 e. The van der Waals surface area contributed by atoms with E-state index in [2.05, 4.69) is 24.3 Å². The van der Waals surface area contributed by atoms with Gasteiger partial charge in [-0.2, -0.15) is 5.10 Å². The number of nitrogens with zero attached hydrogens (tertiary/aromatic N) is 3. The fourth-order valence-electron chi connectivity index (χ4n) is 3.05. The molecule has 1 aliphatic heterocycles. The minimum Gasteiger partial charge on any atom is -0.388 e. The van der Waals surface area contributed by atoms with Gasteiger partial charge in [-0.25, -0.2) is 9.48 Å². The highest BCUT2D eigenvalue weighted by atomic mass is 16.5. The van der Waals surface area contributed by atoms with E-state index in [-0.39, 0.29) is 24.7 Å². The third-order valence-corrected chi connectivity index (χ3v) is 4.52. The molecule has 0 bridgehead atoms. The molecule has 2 rings (SSSR count). The van der Waals surface area contributed by atoms with Crippen molar-refractivity contribution in [2.24, 2.45) is 0 Å². The van der Waals surface area contributed by atoms with Crippen LogP contribution in [-0.4, -0.2) is 57.7 Å². The van der Waals surface area contributed by atoms with Gasteiger partial charge in [-0.3, -0.25) is 5.32 Å². The van der Waals surface area contributed by atoms with E-state index in [9.17, 15) is 9.90 Å². The molecule has 1 aromatic heterocycles. The minimum absolute atomic E-state index is 0.224. The van der Waals surface area contributed by atoms with E-state index in [4.69, 9.17) is 4.74 Å². The zero-order valence-corrected chi connectivity index (χ0v) is 14.5. The van der Waals surface area contributed by atoms with Crippen molar-refractivity contribution < 1.29 is 14.6 Å². The summed E-state index contributed by atoms with van der Waals surface area (Å²) < 4.78 is 7.16. The number of hydrogen-bond acceptors (Lipinski definition) is 4. The predicted octanol–water partition coefficient (Wildman–Crippen LogP) is 2.17. The van der Waals surface area contributed by atoms with Gasteiger partial charge in [0.05, 0.1) is 37.6 Å². The maximum atomic E-state index is 12.7. The molecule has 1 aliphatic rings. The standard InChI is InChI=1S/C16H28N4O3/c1-5-12(6-2)20-15(11(4)8-17-20)18-16(22)19(7-3)13-9-23-10-14(13)21/h8,12-14,21H,5-7,9-10H2,1-4H3,(H,18,22)/t13-,14-/m1/s1. The van der Waals surface area contributed by atoms with Crippen LogP contribution in [0.5, 0.6) is 0 Å². The Kier molecular flexibility index (Phi) is 6.01. The Hall–Kier alpha value is -1.60. The fraction of sp³-hybridized carbons (Fsp3) is 0.750. The number of aromatic nitrogens is 2. The lowest BCUT2D eigenvalue weighted by Crippen LogP contribution is -2.48. The van der Waals surface area contributed by atoms with Crippen molar-refractivity contribution >= 4 is 11.8 Å². The molecule has 2 atom stereocenters. The number of urea groups is 1. The summed E-state index contributed by atoms with van der Waals surface area (Å²) in [7, 11) is 0. The van der Waals surface area contributed by atoms with Gasteiger partial charge in [0.15, 0.2) is 0 Å². The number of aliphatic hydroxyl groups is 1. The maximum Gasteiger partial charge on any atom is 0.323 e. The first-order valence-electron chi connectivity index (χ1n) is 8.40. The number of aliphatic hydroxyl groups excluding tert-OH is 1. The van der Waals surface area contributed by atoms with Gasteiger partial charge in [-0.15, -0.1) is 0 Å². The number of carbonyl (C=O) groups excluding carboxylic acids is 1. The number of hydrogen-bond donors (Lipinski definition) is 2. The predicted molar refractivity (Wildman–Crippen MR) is 88.6 cm³/mol. The summed E-state index contributed by atoms with van der Waals surface area (Å²) >= 11 is 0. The second-order valence-electron chi connectivity index (χ2n) is 5.98. The van der Waals surface area contributed by atoms with Crippen LogP contribution in [0.3, 0.4) is 0 Å². The Bertz CT molecular complexity index is 527. The van der Waals surface area contributed by atoms with E-state index in [0.29, 0.717) is 13.2 Å². The van der Waals surface area contributed by atoms with E-state index < -0.39 is 6.10 Å². The molecular formula is C16H28N4O3. The topological polar surface area (TPSA) is 79.6 Å². The molecule has 0 spiro atoms. The minimum atomic E-state index is -0.634. The molecular weight excluding hydrogens is 296 g/mol. The number of amides is 2. The van der Waals surface area contributed by atoms with Gasteiger partial charge in [-0.1, -0.05) is 13.8 Å². The van der Waals surface area contributed by atoms with Gasteiger partial charge >= 0.3 is 6.03 Å². The van der Waals surface area contributed by atoms with Crippen LogP contribution in [-0.2, 0) is 4.74 Å². The number of anilines is 1. The summed E-state index contributed by atoms with van der Waals surface area (Å²) in [6, 6.07) is -0.267. The first kappa shape index (κ1) is 17.7. The van der Waals surface area contributed by atoms with Crippen molar-refractivity contribution in [2.75, 3.05) is 25.1 Å². The summed E-state index contributed by atoms with van der Waals surface area (Å²) in [5.74, 6) is 0.732. The van der Waals surface area contributed by atoms with Gasteiger partial charge in [0.1, 0.15) is 5.82 Å². The Balaban J connectivity index is 2.17. The Labute approximate surface area is 137 Å². The van der Waals surface area contributed by atoms with Crippen molar-refractivity contribution in [3.05, 3.63) is 11.8 Å². The van der Waals surface area contributed by atoms with E-state index in [1.165, 1.54) is 0 Å². The summed E-state index contributed by atoms with van der Waals surface area (Å²) in [6.07, 6.45) is 3.05. The monoisotopic (exact) mass is 324 g/mol. The number of nitrogens with one attached hydrogen (secondary N) is 1. The molecule has 1 aromatic rings. The van der Waals surface area contributed by atoms with E-state index in [1.807, 2.05) is 18.5 Å². The molecule has 7 nitrogen and oxygen atoms in total. The second-order valence-corrected chi connectivity index (χ2v) is 5.98. The Morgan fingerprint density at radius 3 is 2.70 bits per heavy atom. The molecule has 2 amide bonds. The molecule has 7 heteroatoms. The van der Waals surface area contributed by atoms with E-state index >= 15 is 0 Å². The largest absolute Gasteiger partial charge is 0.388 e. The number of likely N-dealkylation sites (N-methyl/N-ethyl adjacent to an activating group) is 1. The highest BCUT2D eigenvalue weighted by Crippen LogP contribution is 2.24. The van der Waals surface area contributed by atoms with Crippen LogP contribution in [0.25, 0.3) is 0 Å². The summed E-state index contributed by atoms with van der Waals surface area (Å²) in [4.78, 5) is 14.3. The molecule has 0 radical (unpaired) electrons. The molecule has 1 fully saturated rings. The highest BCUT2D eigenvalue weighted by Gasteiger charge is 2.34. The molecule has 2 N–H and O–H groups in total. The zero-order chi connectivity index (χ0) is 17.0. The lowest BCUT2D eigenvalue weighted by atomic mass is 10.2. The molecule has 130 valence electrons. The lowest BCUT2D eigenvalue weighted by molar-refractivity contribution is 0.0999. The van der Waals surface area contributed by atoms with Gasteiger partial charge in [0.25, 0.3) is 0 Å². The van der Waals surface area contributed by atoms with Crippen molar-refractivity contribution in [1.82, 2.24) is 14.7 Å². The average Bonchev–Trinajstić information content (AvgIpc) is 3.10. The average molecular weight is 324 g/mol. The molecule has 23 heavy (non-hydrogen) atoms. The molecule has 0 aliphatic carbocycles. The SMILES string of the molecule is CCC(CC)n1ncc(C)c1NC(=O)N(CC)[C@@H]1COC[C@H]1O. The van der Waals surface area contributed by atoms with Gasteiger partial charge in [0, 0.05) is 12.1 Å². The van der Waals surface area contributed by atoms with Gasteiger partial charge in [-0.05, 0) is 26.7 Å². The van der Waals surface area contributed by atoms with Crippen LogP contribution in [0.2, 0.25) is 0 Å². The van der Waals surface area contributed by atoms with E-state index in [1.54, 1.807) is 11.1 Å². The third-order valence-electron chi connectivity index (χ3n) is 4.52. The quantitative estimate of drug-likeness (QED) is 0.840. The first-order chi connectivity index (χ1) is 11.0. The zero-order valence-electron chi connectivity index (χ0n) is 14.5. The van der Waals surface area contributed by atoms with E-state index in [0.717, 1.165) is 24.2 Å². The highest BCUT2D eigenvalue weighted by molar-refractivity contribution is 5.89. The van der Waals surface area contributed by atoms with Crippen LogP contribution in [0.1, 0.15) is 45.2 Å². The summed E-state index contributed by atoms with van der Waals surface area (Å²) in [6.45, 7) is 9.21. The van der Waals surface area contributed by atoms with Crippen molar-refractivity contribution in [3.63, 3.8) is 0 Å². The third kappa shape index (κ3) is 3.67.